The summed E-state index contributed by atoms with van der Waals surface area (Å²) in [5.74, 6) is 0. The van der Waals surface area contributed by atoms with Crippen LogP contribution in [0.15, 0.2) is 24.3 Å². The zero-order valence-electron chi connectivity index (χ0n) is 12.3. The van der Waals surface area contributed by atoms with Crippen LogP contribution in [-0.2, 0) is 4.74 Å². The predicted molar refractivity (Wildman–Crippen MR) is 81.4 cm³/mol. The van der Waals surface area contributed by atoms with Crippen molar-refractivity contribution in [3.8, 4) is 0 Å². The van der Waals surface area contributed by atoms with Gasteiger partial charge in [0, 0.05) is 6.07 Å². The smallest absolute Gasteiger partial charge is 0.411 e. The van der Waals surface area contributed by atoms with Gasteiger partial charge in [0.1, 0.15) is 5.69 Å². The van der Waals surface area contributed by atoms with Crippen molar-refractivity contribution in [1.29, 1.82) is 0 Å². The van der Waals surface area contributed by atoms with E-state index in [0.29, 0.717) is 6.61 Å². The van der Waals surface area contributed by atoms with Crippen LogP contribution in [-0.4, -0.2) is 17.6 Å². The minimum absolute atomic E-state index is 0.144. The van der Waals surface area contributed by atoms with E-state index < -0.39 is 11.0 Å². The van der Waals surface area contributed by atoms with Crippen LogP contribution in [0.25, 0.3) is 0 Å². The van der Waals surface area contributed by atoms with Crippen LogP contribution < -0.4 is 5.32 Å². The Labute approximate surface area is 124 Å². The number of ether oxygens (including phenoxy) is 1. The van der Waals surface area contributed by atoms with Gasteiger partial charge in [-0.05, 0) is 12.5 Å². The van der Waals surface area contributed by atoms with Crippen LogP contribution in [0.5, 0.6) is 0 Å². The molecule has 0 aliphatic rings. The van der Waals surface area contributed by atoms with E-state index in [1.165, 1.54) is 31.4 Å². The molecule has 1 aromatic carbocycles. The number of para-hydroxylation sites is 2. The average Bonchev–Trinajstić information content (AvgIpc) is 2.46. The lowest BCUT2D eigenvalue weighted by Gasteiger charge is -2.07. The lowest BCUT2D eigenvalue weighted by Crippen LogP contribution is -2.15. The Hall–Kier alpha value is -2.11. The normalized spacial score (nSPS) is 10.1. The second kappa shape index (κ2) is 9.74. The van der Waals surface area contributed by atoms with Crippen molar-refractivity contribution in [3.63, 3.8) is 0 Å². The van der Waals surface area contributed by atoms with Gasteiger partial charge in [0.15, 0.2) is 0 Å². The van der Waals surface area contributed by atoms with Gasteiger partial charge in [-0.25, -0.2) is 4.79 Å². The Kier molecular flexibility index (Phi) is 7.86. The van der Waals surface area contributed by atoms with Gasteiger partial charge < -0.3 is 4.74 Å². The summed E-state index contributed by atoms with van der Waals surface area (Å²) in [5.41, 5.74) is 0.00413. The van der Waals surface area contributed by atoms with E-state index in [9.17, 15) is 14.9 Å². The van der Waals surface area contributed by atoms with Crippen molar-refractivity contribution in [1.82, 2.24) is 0 Å². The summed E-state index contributed by atoms with van der Waals surface area (Å²) in [5, 5.41) is 13.2. The molecule has 1 amide bonds. The molecule has 0 aliphatic carbocycles. The molecule has 0 radical (unpaired) electrons. The first-order chi connectivity index (χ1) is 10.1. The van der Waals surface area contributed by atoms with E-state index in [4.69, 9.17) is 4.74 Å². The standard InChI is InChI=1S/C15H22N2O4/c1-2-3-4-5-6-9-12-21-15(18)16-13-10-7-8-11-14(13)17(19)20/h7-8,10-11H,2-6,9,12H2,1H3,(H,16,18). The zero-order valence-corrected chi connectivity index (χ0v) is 12.3. The summed E-state index contributed by atoms with van der Waals surface area (Å²) in [6.07, 6.45) is 5.97. The van der Waals surface area contributed by atoms with E-state index >= 15 is 0 Å². The maximum atomic E-state index is 11.6. The van der Waals surface area contributed by atoms with E-state index in [1.54, 1.807) is 12.1 Å². The minimum atomic E-state index is -0.655. The van der Waals surface area contributed by atoms with Crippen molar-refractivity contribution < 1.29 is 14.5 Å². The maximum absolute atomic E-state index is 11.6. The molecule has 0 aliphatic heterocycles. The molecule has 0 unspecified atom stereocenters. The van der Waals surface area contributed by atoms with Crippen molar-refractivity contribution in [2.24, 2.45) is 0 Å². The number of carbonyl (C=O) groups excluding carboxylic acids is 1. The Morgan fingerprint density at radius 1 is 1.19 bits per heavy atom. The van der Waals surface area contributed by atoms with Crippen LogP contribution in [0, 0.1) is 10.1 Å². The van der Waals surface area contributed by atoms with Crippen LogP contribution in [0.1, 0.15) is 45.4 Å². The summed E-state index contributed by atoms with van der Waals surface area (Å²) in [6, 6.07) is 5.98. The second-order valence-electron chi connectivity index (χ2n) is 4.80. The molecule has 0 fully saturated rings. The van der Waals surface area contributed by atoms with Crippen molar-refractivity contribution >= 4 is 17.5 Å². The molecule has 6 nitrogen and oxygen atoms in total. The molecule has 6 heteroatoms. The molecule has 1 aromatic rings. The number of nitrogens with one attached hydrogen (secondary N) is 1. The number of nitrogens with zero attached hydrogens (tertiary/aromatic N) is 1. The van der Waals surface area contributed by atoms with Crippen LogP contribution in [0.4, 0.5) is 16.2 Å². The number of anilines is 1. The number of rotatable bonds is 9. The lowest BCUT2D eigenvalue weighted by atomic mass is 10.1. The molecule has 0 heterocycles. The van der Waals surface area contributed by atoms with Gasteiger partial charge in [0.2, 0.25) is 0 Å². The summed E-state index contributed by atoms with van der Waals surface area (Å²) < 4.78 is 5.01. The average molecular weight is 294 g/mol. The summed E-state index contributed by atoms with van der Waals surface area (Å²) in [6.45, 7) is 2.49. The zero-order chi connectivity index (χ0) is 15.5. The Balaban J connectivity index is 2.27. The third-order valence-electron chi connectivity index (χ3n) is 3.07. The largest absolute Gasteiger partial charge is 0.449 e. The number of nitro benzene ring substituents is 1. The number of hydrogen-bond donors (Lipinski definition) is 1. The van der Waals surface area contributed by atoms with Gasteiger partial charge in [-0.2, -0.15) is 0 Å². The molecule has 0 atom stereocenters. The number of amides is 1. The van der Waals surface area contributed by atoms with Gasteiger partial charge in [-0.3, -0.25) is 15.4 Å². The molecule has 0 spiro atoms. The lowest BCUT2D eigenvalue weighted by molar-refractivity contribution is -0.383. The van der Waals surface area contributed by atoms with Crippen molar-refractivity contribution in [2.45, 2.75) is 45.4 Å². The molecular weight excluding hydrogens is 272 g/mol. The second-order valence-corrected chi connectivity index (χ2v) is 4.80. The van der Waals surface area contributed by atoms with Crippen LogP contribution in [0.3, 0.4) is 0 Å². The van der Waals surface area contributed by atoms with Gasteiger partial charge in [-0.1, -0.05) is 51.2 Å². The highest BCUT2D eigenvalue weighted by atomic mass is 16.6. The van der Waals surface area contributed by atoms with Crippen molar-refractivity contribution in [3.05, 3.63) is 34.4 Å². The van der Waals surface area contributed by atoms with E-state index in [1.807, 2.05) is 0 Å². The monoisotopic (exact) mass is 294 g/mol. The molecule has 0 bridgehead atoms. The van der Waals surface area contributed by atoms with E-state index in [-0.39, 0.29) is 11.4 Å². The third-order valence-corrected chi connectivity index (χ3v) is 3.07. The van der Waals surface area contributed by atoms with Gasteiger partial charge in [-0.15, -0.1) is 0 Å². The van der Waals surface area contributed by atoms with Crippen LogP contribution in [0.2, 0.25) is 0 Å². The fourth-order valence-corrected chi connectivity index (χ4v) is 1.93. The Morgan fingerprint density at radius 2 is 1.86 bits per heavy atom. The van der Waals surface area contributed by atoms with Gasteiger partial charge in [0.25, 0.3) is 5.69 Å². The molecule has 21 heavy (non-hydrogen) atoms. The predicted octanol–water partition coefficient (Wildman–Crippen LogP) is 4.50. The fourth-order valence-electron chi connectivity index (χ4n) is 1.93. The van der Waals surface area contributed by atoms with Gasteiger partial charge >= 0.3 is 6.09 Å². The molecule has 0 aromatic heterocycles. The first-order valence-corrected chi connectivity index (χ1v) is 7.32. The highest BCUT2D eigenvalue weighted by Crippen LogP contribution is 2.23. The number of hydrogen-bond acceptors (Lipinski definition) is 4. The van der Waals surface area contributed by atoms with Crippen molar-refractivity contribution in [2.75, 3.05) is 11.9 Å². The SMILES string of the molecule is CCCCCCCCOC(=O)Nc1ccccc1[N+](=O)[O-]. The summed E-state index contributed by atoms with van der Waals surface area (Å²) in [4.78, 5) is 21.8. The number of unbranched alkanes of at least 4 members (excludes halogenated alkanes) is 5. The summed E-state index contributed by atoms with van der Waals surface area (Å²) in [7, 11) is 0. The Bertz CT molecular complexity index is 463. The highest BCUT2D eigenvalue weighted by molar-refractivity contribution is 5.87. The highest BCUT2D eigenvalue weighted by Gasteiger charge is 2.14. The summed E-state index contributed by atoms with van der Waals surface area (Å²) >= 11 is 0. The number of carbonyl (C=O) groups is 1. The first-order valence-electron chi connectivity index (χ1n) is 7.32. The third kappa shape index (κ3) is 6.74. The number of nitro groups is 1. The molecule has 116 valence electrons. The molecule has 0 saturated carbocycles. The minimum Gasteiger partial charge on any atom is -0.449 e. The molecular formula is C15H22N2O4. The maximum Gasteiger partial charge on any atom is 0.411 e. The molecule has 0 saturated heterocycles. The quantitative estimate of drug-likeness (QED) is 0.413. The molecule has 1 N–H and O–H groups in total. The van der Waals surface area contributed by atoms with E-state index in [2.05, 4.69) is 12.2 Å². The Morgan fingerprint density at radius 3 is 2.57 bits per heavy atom. The number of benzene rings is 1. The topological polar surface area (TPSA) is 81.5 Å². The fraction of sp³-hybridized carbons (Fsp3) is 0.533. The van der Waals surface area contributed by atoms with Gasteiger partial charge in [0.05, 0.1) is 11.5 Å². The first kappa shape index (κ1) is 16.9. The molecule has 1 rings (SSSR count). The van der Waals surface area contributed by atoms with E-state index in [0.717, 1.165) is 19.3 Å². The van der Waals surface area contributed by atoms with Crippen LogP contribution >= 0.6 is 0 Å².